The number of carbonyl (C=O) groups is 1. The molecule has 1 aromatic carbocycles. The van der Waals surface area contributed by atoms with E-state index in [2.05, 4.69) is 17.1 Å². The summed E-state index contributed by atoms with van der Waals surface area (Å²) in [5.41, 5.74) is 5.52. The van der Waals surface area contributed by atoms with Crippen LogP contribution in [-0.4, -0.2) is 43.2 Å². The number of fused-ring (bicyclic) bond motifs is 1. The highest BCUT2D eigenvalue weighted by Gasteiger charge is 2.25. The molecule has 0 atom stereocenters. The normalized spacial score (nSPS) is 13.8. The number of aromatic nitrogens is 4. The molecular weight excluding hydrogens is 366 g/mol. The zero-order chi connectivity index (χ0) is 20.5. The molecule has 0 saturated heterocycles. The minimum Gasteiger partial charge on any atom is -0.340 e. The van der Waals surface area contributed by atoms with Crippen molar-refractivity contribution in [1.29, 1.82) is 0 Å². The van der Waals surface area contributed by atoms with Crippen LogP contribution < -0.4 is 5.69 Å². The highest BCUT2D eigenvalue weighted by atomic mass is 16.2. The van der Waals surface area contributed by atoms with E-state index in [0.717, 1.165) is 29.8 Å². The van der Waals surface area contributed by atoms with Gasteiger partial charge in [-0.15, -0.1) is 0 Å². The summed E-state index contributed by atoms with van der Waals surface area (Å²) in [5.74, 6) is -0.0529. The predicted molar refractivity (Wildman–Crippen MR) is 111 cm³/mol. The fraction of sp³-hybridized carbons (Fsp3) is 0.364. The van der Waals surface area contributed by atoms with Crippen LogP contribution in [-0.2, 0) is 31.2 Å². The Kier molecular flexibility index (Phi) is 5.05. The van der Waals surface area contributed by atoms with Gasteiger partial charge in [0.25, 0.3) is 0 Å². The van der Waals surface area contributed by atoms with E-state index < -0.39 is 0 Å². The lowest BCUT2D eigenvalue weighted by Crippen LogP contribution is -2.39. The Hall–Kier alpha value is -3.22. The van der Waals surface area contributed by atoms with Crippen LogP contribution in [0.2, 0.25) is 0 Å². The lowest BCUT2D eigenvalue weighted by atomic mass is 10.0. The first-order valence-electron chi connectivity index (χ1n) is 9.87. The molecule has 0 saturated carbocycles. The zero-order valence-electron chi connectivity index (χ0n) is 17.1. The van der Waals surface area contributed by atoms with Crippen LogP contribution in [0.1, 0.15) is 22.6 Å². The van der Waals surface area contributed by atoms with Gasteiger partial charge >= 0.3 is 5.69 Å². The quantitative estimate of drug-likeness (QED) is 0.683. The van der Waals surface area contributed by atoms with Crippen molar-refractivity contribution in [3.05, 3.63) is 69.5 Å². The first kappa shape index (κ1) is 19.1. The Morgan fingerprint density at radius 2 is 1.83 bits per heavy atom. The average molecular weight is 391 g/mol. The number of amides is 1. The van der Waals surface area contributed by atoms with Gasteiger partial charge in [0.15, 0.2) is 0 Å². The Bertz CT molecular complexity index is 1110. The smallest absolute Gasteiger partial charge is 0.340 e. The molecule has 0 aliphatic carbocycles. The highest BCUT2D eigenvalue weighted by Crippen LogP contribution is 2.28. The molecular formula is C22H25N5O2. The monoisotopic (exact) mass is 391 g/mol. The largest absolute Gasteiger partial charge is 0.348 e. The summed E-state index contributed by atoms with van der Waals surface area (Å²) in [7, 11) is 1.96. The summed E-state index contributed by atoms with van der Waals surface area (Å²) < 4.78 is 3.38. The van der Waals surface area contributed by atoms with Gasteiger partial charge in [-0.1, -0.05) is 30.3 Å². The number of hydrogen-bond acceptors (Lipinski definition) is 4. The Balaban J connectivity index is 1.55. The molecule has 2 aromatic heterocycles. The maximum Gasteiger partial charge on any atom is 0.348 e. The van der Waals surface area contributed by atoms with Crippen molar-refractivity contribution in [2.45, 2.75) is 33.2 Å². The molecule has 0 radical (unpaired) electrons. The van der Waals surface area contributed by atoms with Crippen LogP contribution >= 0.6 is 0 Å². The second-order valence-electron chi connectivity index (χ2n) is 7.55. The number of carbonyl (C=O) groups excluding carboxylic acids is 1. The number of benzene rings is 1. The number of hydrogen-bond donors (Lipinski definition) is 0. The molecule has 7 nitrogen and oxygen atoms in total. The molecule has 7 heteroatoms. The first-order valence-corrected chi connectivity index (χ1v) is 9.87. The molecule has 1 aliphatic rings. The van der Waals surface area contributed by atoms with Crippen LogP contribution in [0.15, 0.2) is 41.2 Å². The van der Waals surface area contributed by atoms with E-state index in [1.807, 2.05) is 47.8 Å². The summed E-state index contributed by atoms with van der Waals surface area (Å²) in [5, 5.41) is 4.73. The maximum atomic E-state index is 12.9. The Labute approximate surface area is 169 Å². The van der Waals surface area contributed by atoms with Gasteiger partial charge < -0.3 is 4.90 Å². The van der Waals surface area contributed by atoms with E-state index in [0.29, 0.717) is 18.8 Å². The van der Waals surface area contributed by atoms with Gasteiger partial charge in [-0.05, 0) is 26.3 Å². The van der Waals surface area contributed by atoms with Crippen molar-refractivity contribution in [3.63, 3.8) is 0 Å². The molecule has 0 N–H and O–H groups in total. The van der Waals surface area contributed by atoms with Gasteiger partial charge in [0.1, 0.15) is 6.54 Å². The summed E-state index contributed by atoms with van der Waals surface area (Å²) in [6.45, 7) is 4.87. The minimum absolute atomic E-state index is 0.0259. The second kappa shape index (κ2) is 7.66. The van der Waals surface area contributed by atoms with Crippen LogP contribution in [0, 0.1) is 13.8 Å². The van der Waals surface area contributed by atoms with Gasteiger partial charge in [0, 0.05) is 54.8 Å². The van der Waals surface area contributed by atoms with E-state index in [1.165, 1.54) is 15.8 Å². The third-order valence-electron chi connectivity index (χ3n) is 5.56. The second-order valence-corrected chi connectivity index (χ2v) is 7.55. The van der Waals surface area contributed by atoms with Crippen LogP contribution in [0.5, 0.6) is 0 Å². The van der Waals surface area contributed by atoms with Crippen molar-refractivity contribution in [2.75, 3.05) is 13.1 Å². The van der Waals surface area contributed by atoms with Gasteiger partial charge in [-0.25, -0.2) is 4.79 Å². The lowest BCUT2D eigenvalue weighted by Gasteiger charge is -2.21. The van der Waals surface area contributed by atoms with Crippen molar-refractivity contribution in [2.24, 2.45) is 7.05 Å². The SMILES string of the molecule is Cc1cc(C)n(CC(=O)N2CCc3c(-c4ccccc4)nn(C)c3CC2)c(=O)n1. The van der Waals surface area contributed by atoms with Crippen molar-refractivity contribution in [1.82, 2.24) is 24.2 Å². The van der Waals surface area contributed by atoms with Crippen LogP contribution in [0.25, 0.3) is 11.3 Å². The van der Waals surface area contributed by atoms with E-state index in [-0.39, 0.29) is 18.1 Å². The predicted octanol–water partition coefficient (Wildman–Crippen LogP) is 1.89. The van der Waals surface area contributed by atoms with E-state index in [4.69, 9.17) is 5.10 Å². The molecule has 1 aliphatic heterocycles. The van der Waals surface area contributed by atoms with Gasteiger partial charge in [0.05, 0.1) is 5.69 Å². The van der Waals surface area contributed by atoms with E-state index >= 15 is 0 Å². The topological polar surface area (TPSA) is 73.0 Å². The maximum absolute atomic E-state index is 12.9. The Morgan fingerprint density at radius 3 is 2.55 bits per heavy atom. The molecule has 1 amide bonds. The van der Waals surface area contributed by atoms with Gasteiger partial charge in [-0.2, -0.15) is 10.1 Å². The van der Waals surface area contributed by atoms with E-state index in [1.54, 1.807) is 6.92 Å². The summed E-state index contributed by atoms with van der Waals surface area (Å²) >= 11 is 0. The Morgan fingerprint density at radius 1 is 1.10 bits per heavy atom. The number of aryl methyl sites for hydroxylation is 3. The zero-order valence-corrected chi connectivity index (χ0v) is 17.1. The first-order chi connectivity index (χ1) is 13.9. The molecule has 4 rings (SSSR count). The lowest BCUT2D eigenvalue weighted by molar-refractivity contribution is -0.131. The minimum atomic E-state index is -0.371. The van der Waals surface area contributed by atoms with Gasteiger partial charge in [-0.3, -0.25) is 14.0 Å². The highest BCUT2D eigenvalue weighted by molar-refractivity contribution is 5.76. The fourth-order valence-corrected chi connectivity index (χ4v) is 4.06. The number of rotatable bonds is 3. The van der Waals surface area contributed by atoms with Crippen LogP contribution in [0.4, 0.5) is 0 Å². The average Bonchev–Trinajstić information content (AvgIpc) is 2.87. The van der Waals surface area contributed by atoms with Crippen molar-refractivity contribution in [3.8, 4) is 11.3 Å². The van der Waals surface area contributed by atoms with E-state index in [9.17, 15) is 9.59 Å². The molecule has 0 spiro atoms. The van der Waals surface area contributed by atoms with Crippen molar-refractivity contribution >= 4 is 5.91 Å². The van der Waals surface area contributed by atoms with Gasteiger partial charge in [0.2, 0.25) is 5.91 Å². The summed E-state index contributed by atoms with van der Waals surface area (Å²) in [4.78, 5) is 30.9. The molecule has 3 aromatic rings. The molecule has 29 heavy (non-hydrogen) atoms. The molecule has 3 heterocycles. The van der Waals surface area contributed by atoms with Crippen LogP contribution in [0.3, 0.4) is 0 Å². The fourth-order valence-electron chi connectivity index (χ4n) is 4.06. The number of nitrogens with zero attached hydrogens (tertiary/aromatic N) is 5. The summed E-state index contributed by atoms with van der Waals surface area (Å²) in [6, 6.07) is 12.0. The third-order valence-corrected chi connectivity index (χ3v) is 5.56. The molecule has 0 unspecified atom stereocenters. The third kappa shape index (κ3) is 3.72. The molecule has 0 fully saturated rings. The summed E-state index contributed by atoms with van der Waals surface area (Å²) in [6.07, 6.45) is 1.50. The standard InChI is InChI=1S/C22H25N5O2/c1-15-13-16(2)27(22(29)23-15)14-20(28)26-11-9-18-19(10-12-26)25(3)24-21(18)17-7-5-4-6-8-17/h4-8,13H,9-12,14H2,1-3H3. The molecule has 150 valence electrons. The molecule has 0 bridgehead atoms. The van der Waals surface area contributed by atoms with Crippen molar-refractivity contribution < 1.29 is 4.79 Å².